The molecule has 80 valence electrons. The van der Waals surface area contributed by atoms with Gasteiger partial charge in [-0.25, -0.2) is 0 Å². The second-order valence-electron chi connectivity index (χ2n) is 5.35. The van der Waals surface area contributed by atoms with E-state index in [0.29, 0.717) is 5.41 Å². The zero-order valence-electron chi connectivity index (χ0n) is 9.69. The Morgan fingerprint density at radius 1 is 1.13 bits per heavy atom. The quantitative estimate of drug-likeness (QED) is 0.677. The molecule has 15 heavy (non-hydrogen) atoms. The van der Waals surface area contributed by atoms with Crippen molar-refractivity contribution in [1.82, 2.24) is 0 Å². The van der Waals surface area contributed by atoms with Crippen molar-refractivity contribution in [3.63, 3.8) is 0 Å². The summed E-state index contributed by atoms with van der Waals surface area (Å²) in [5, 5.41) is 3.63. The van der Waals surface area contributed by atoms with E-state index in [1.807, 2.05) is 0 Å². The fourth-order valence-corrected chi connectivity index (χ4v) is 3.47. The Hall–Kier alpha value is -0.980. The molecule has 0 atom stereocenters. The van der Waals surface area contributed by atoms with Gasteiger partial charge in [-0.2, -0.15) is 0 Å². The van der Waals surface area contributed by atoms with Gasteiger partial charge in [0.15, 0.2) is 0 Å². The highest BCUT2D eigenvalue weighted by molar-refractivity contribution is 5.66. The van der Waals surface area contributed by atoms with E-state index in [4.69, 9.17) is 0 Å². The first-order valence-electron chi connectivity index (χ1n) is 6.07. The highest BCUT2D eigenvalue weighted by Gasteiger charge is 2.41. The topological polar surface area (TPSA) is 12.0 Å². The maximum absolute atomic E-state index is 3.63. The maximum Gasteiger partial charge on any atom is 0.0409 e. The number of nitrogens with one attached hydrogen (secondary N) is 1. The molecule has 1 aliphatic carbocycles. The minimum absolute atomic E-state index is 0.492. The first-order valence-corrected chi connectivity index (χ1v) is 6.07. The van der Waals surface area contributed by atoms with Gasteiger partial charge in [-0.1, -0.05) is 30.5 Å². The van der Waals surface area contributed by atoms with Crippen molar-refractivity contribution in [2.45, 2.75) is 44.9 Å². The molecule has 2 aliphatic rings. The van der Waals surface area contributed by atoms with E-state index in [1.165, 1.54) is 49.0 Å². The predicted octanol–water partition coefficient (Wildman–Crippen LogP) is 3.54. The van der Waals surface area contributed by atoms with Crippen LogP contribution in [0, 0.1) is 13.8 Å². The fraction of sp³-hybridized carbons (Fsp3) is 0.571. The molecular weight excluding hydrogens is 182 g/mol. The molecule has 1 fully saturated rings. The lowest BCUT2D eigenvalue weighted by Gasteiger charge is -2.23. The van der Waals surface area contributed by atoms with Crippen molar-refractivity contribution < 1.29 is 0 Å². The Morgan fingerprint density at radius 2 is 1.87 bits per heavy atom. The molecule has 1 aliphatic heterocycles. The van der Waals surface area contributed by atoms with E-state index in [2.05, 4.69) is 31.3 Å². The molecule has 1 N–H and O–H groups in total. The number of hydrogen-bond donors (Lipinski definition) is 1. The van der Waals surface area contributed by atoms with Crippen LogP contribution in [-0.4, -0.2) is 6.54 Å². The number of benzene rings is 1. The third-order valence-electron chi connectivity index (χ3n) is 4.22. The highest BCUT2D eigenvalue weighted by atomic mass is 14.9. The number of aryl methyl sites for hydroxylation is 2. The molecule has 0 aromatic heterocycles. The molecule has 0 saturated heterocycles. The molecule has 3 rings (SSSR count). The molecule has 0 radical (unpaired) electrons. The first kappa shape index (κ1) is 9.26. The normalized spacial score (nSPS) is 21.7. The molecule has 1 aromatic rings. The summed E-state index contributed by atoms with van der Waals surface area (Å²) in [5.74, 6) is 0. The number of fused-ring (bicyclic) bond motifs is 2. The minimum atomic E-state index is 0.492. The summed E-state index contributed by atoms with van der Waals surface area (Å²) in [5.41, 5.74) is 6.38. The van der Waals surface area contributed by atoms with Crippen LogP contribution in [0.15, 0.2) is 12.1 Å². The van der Waals surface area contributed by atoms with Crippen LogP contribution >= 0.6 is 0 Å². The predicted molar refractivity (Wildman–Crippen MR) is 64.6 cm³/mol. The van der Waals surface area contributed by atoms with Crippen LogP contribution in [0.5, 0.6) is 0 Å². The summed E-state index contributed by atoms with van der Waals surface area (Å²) in [7, 11) is 0. The summed E-state index contributed by atoms with van der Waals surface area (Å²) in [6, 6.07) is 4.70. The average Bonchev–Trinajstić information content (AvgIpc) is 2.77. The van der Waals surface area contributed by atoms with E-state index in [0.717, 1.165) is 0 Å². The third kappa shape index (κ3) is 1.22. The zero-order chi connectivity index (χ0) is 10.5. The molecule has 1 spiro atoms. The highest BCUT2D eigenvalue weighted by Crippen LogP contribution is 2.49. The van der Waals surface area contributed by atoms with Gasteiger partial charge in [0.05, 0.1) is 0 Å². The number of rotatable bonds is 0. The Labute approximate surface area is 91.9 Å². The summed E-state index contributed by atoms with van der Waals surface area (Å²) in [6.07, 6.45) is 5.59. The van der Waals surface area contributed by atoms with E-state index in [-0.39, 0.29) is 0 Å². The van der Waals surface area contributed by atoms with Gasteiger partial charge in [0.2, 0.25) is 0 Å². The van der Waals surface area contributed by atoms with Gasteiger partial charge in [0, 0.05) is 17.6 Å². The van der Waals surface area contributed by atoms with Gasteiger partial charge >= 0.3 is 0 Å². The Morgan fingerprint density at radius 3 is 2.60 bits per heavy atom. The van der Waals surface area contributed by atoms with Gasteiger partial charge in [0.1, 0.15) is 0 Å². The molecule has 1 nitrogen and oxygen atoms in total. The van der Waals surface area contributed by atoms with Gasteiger partial charge in [-0.15, -0.1) is 0 Å². The van der Waals surface area contributed by atoms with E-state index in [9.17, 15) is 0 Å². The second kappa shape index (κ2) is 3.01. The van der Waals surface area contributed by atoms with Crippen LogP contribution in [0.1, 0.15) is 42.4 Å². The Kier molecular flexibility index (Phi) is 1.86. The molecule has 1 aromatic carbocycles. The summed E-state index contributed by atoms with van der Waals surface area (Å²) < 4.78 is 0. The van der Waals surface area contributed by atoms with E-state index >= 15 is 0 Å². The lowest BCUT2D eigenvalue weighted by Crippen LogP contribution is -2.24. The third-order valence-corrected chi connectivity index (χ3v) is 4.22. The molecule has 0 amide bonds. The van der Waals surface area contributed by atoms with E-state index in [1.54, 1.807) is 5.56 Å². The van der Waals surface area contributed by atoms with Crippen LogP contribution in [0.4, 0.5) is 5.69 Å². The monoisotopic (exact) mass is 201 g/mol. The summed E-state index contributed by atoms with van der Waals surface area (Å²) >= 11 is 0. The number of hydrogen-bond acceptors (Lipinski definition) is 1. The molecule has 1 heterocycles. The van der Waals surface area contributed by atoms with Crippen molar-refractivity contribution in [1.29, 1.82) is 0 Å². The lowest BCUT2D eigenvalue weighted by molar-refractivity contribution is 0.489. The molecule has 0 bridgehead atoms. The van der Waals surface area contributed by atoms with Crippen molar-refractivity contribution in [3.05, 3.63) is 28.8 Å². The minimum Gasteiger partial charge on any atom is -0.384 e. The number of anilines is 1. The zero-order valence-corrected chi connectivity index (χ0v) is 9.69. The molecular formula is C14H19N. The van der Waals surface area contributed by atoms with Crippen molar-refractivity contribution in [3.8, 4) is 0 Å². The fourth-order valence-electron chi connectivity index (χ4n) is 3.47. The van der Waals surface area contributed by atoms with Crippen LogP contribution in [0.25, 0.3) is 0 Å². The maximum atomic E-state index is 3.63. The lowest BCUT2D eigenvalue weighted by atomic mass is 9.80. The molecule has 0 unspecified atom stereocenters. The first-order chi connectivity index (χ1) is 7.21. The van der Waals surface area contributed by atoms with Crippen molar-refractivity contribution in [2.24, 2.45) is 0 Å². The summed E-state index contributed by atoms with van der Waals surface area (Å²) in [4.78, 5) is 0. The molecule has 1 saturated carbocycles. The van der Waals surface area contributed by atoms with Gasteiger partial charge in [0.25, 0.3) is 0 Å². The largest absolute Gasteiger partial charge is 0.384 e. The van der Waals surface area contributed by atoms with Gasteiger partial charge in [-0.05, 0) is 37.8 Å². The Balaban J connectivity index is 2.16. The van der Waals surface area contributed by atoms with Crippen molar-refractivity contribution >= 4 is 5.69 Å². The SMILES string of the molecule is Cc1cc(C)c2c(c1)C1(CCCC1)CN2. The van der Waals surface area contributed by atoms with Crippen molar-refractivity contribution in [2.75, 3.05) is 11.9 Å². The van der Waals surface area contributed by atoms with Crippen LogP contribution in [0.3, 0.4) is 0 Å². The van der Waals surface area contributed by atoms with Crippen LogP contribution < -0.4 is 5.32 Å². The Bertz CT molecular complexity index is 400. The van der Waals surface area contributed by atoms with Crippen LogP contribution in [0.2, 0.25) is 0 Å². The van der Waals surface area contributed by atoms with E-state index < -0.39 is 0 Å². The standard InChI is InChI=1S/C14H19N/c1-10-7-11(2)13-12(8-10)14(9-15-13)5-3-4-6-14/h7-8,15H,3-6,9H2,1-2H3. The van der Waals surface area contributed by atoms with Gasteiger partial charge in [-0.3, -0.25) is 0 Å². The second-order valence-corrected chi connectivity index (χ2v) is 5.35. The van der Waals surface area contributed by atoms with Crippen LogP contribution in [-0.2, 0) is 5.41 Å². The summed E-state index contributed by atoms with van der Waals surface area (Å²) in [6.45, 7) is 5.62. The average molecular weight is 201 g/mol. The smallest absolute Gasteiger partial charge is 0.0409 e. The molecule has 1 heteroatoms. The van der Waals surface area contributed by atoms with Gasteiger partial charge < -0.3 is 5.32 Å².